The summed E-state index contributed by atoms with van der Waals surface area (Å²) in [5.41, 5.74) is 4.19. The van der Waals surface area contributed by atoms with Crippen molar-refractivity contribution < 1.29 is 19.0 Å². The minimum absolute atomic E-state index is 0.108. The molecular formula is C34H43N5O4. The van der Waals surface area contributed by atoms with Gasteiger partial charge >= 0.3 is 5.97 Å². The summed E-state index contributed by atoms with van der Waals surface area (Å²) in [5, 5.41) is 17.4. The van der Waals surface area contributed by atoms with Gasteiger partial charge in [0.25, 0.3) is 0 Å². The zero-order chi connectivity index (χ0) is 30.0. The number of ether oxygens (including phenoxy) is 3. The lowest BCUT2D eigenvalue weighted by Gasteiger charge is -2.28. The summed E-state index contributed by atoms with van der Waals surface area (Å²) in [6, 6.07) is 23.2. The number of hydrogen-bond acceptors (Lipinski definition) is 9. The van der Waals surface area contributed by atoms with Gasteiger partial charge in [-0.3, -0.25) is 4.79 Å². The maximum absolute atomic E-state index is 11.1. The number of nitrogens with zero attached hydrogens (tertiary/aromatic N) is 5. The molecule has 0 N–H and O–H groups in total. The maximum Gasteiger partial charge on any atom is 0.305 e. The molecule has 0 radical (unpaired) electrons. The Hall–Kier alpha value is -4.11. The molecule has 1 aliphatic rings. The predicted molar refractivity (Wildman–Crippen MR) is 170 cm³/mol. The van der Waals surface area contributed by atoms with Crippen LogP contribution in [0, 0.1) is 0 Å². The van der Waals surface area contributed by atoms with Crippen LogP contribution in [0.25, 0.3) is 0 Å². The highest BCUT2D eigenvalue weighted by Crippen LogP contribution is 2.26. The number of benzene rings is 3. The second-order valence-electron chi connectivity index (χ2n) is 10.5. The fourth-order valence-corrected chi connectivity index (χ4v) is 4.52. The monoisotopic (exact) mass is 585 g/mol. The van der Waals surface area contributed by atoms with Gasteiger partial charge in [-0.05, 0) is 92.1 Å². The molecule has 0 spiro atoms. The SMILES string of the molecule is CCC(=O)OCCCCCCCCCOc1ccc(N=Nc2ccc(N=Nc3ccc(N4CCCOC4)cc3)cc2)cc1. The van der Waals surface area contributed by atoms with Crippen LogP contribution >= 0.6 is 0 Å². The minimum Gasteiger partial charge on any atom is -0.494 e. The number of rotatable bonds is 17. The van der Waals surface area contributed by atoms with E-state index in [0.29, 0.717) is 26.4 Å². The molecule has 0 amide bonds. The summed E-state index contributed by atoms with van der Waals surface area (Å²) < 4.78 is 16.5. The van der Waals surface area contributed by atoms with Crippen LogP contribution < -0.4 is 9.64 Å². The standard InChI is InChI=1S/C34H43N5O4/c1-2-34(40)43-26-9-7-5-3-4-6-8-25-42-33-21-17-31(18-22-33)38-36-29-13-11-28(12-14-29)35-37-30-15-19-32(20-16-30)39-23-10-24-41-27-39/h11-22H,2-10,23-27H2,1H3. The predicted octanol–water partition coefficient (Wildman–Crippen LogP) is 9.76. The summed E-state index contributed by atoms with van der Waals surface area (Å²) in [6.07, 6.45) is 9.34. The van der Waals surface area contributed by atoms with Crippen molar-refractivity contribution >= 4 is 34.4 Å². The molecule has 1 aliphatic heterocycles. The molecule has 9 heteroatoms. The van der Waals surface area contributed by atoms with Crippen molar-refractivity contribution in [2.24, 2.45) is 20.5 Å². The Balaban J connectivity index is 1.10. The molecule has 0 aromatic heterocycles. The number of esters is 1. The van der Waals surface area contributed by atoms with E-state index in [4.69, 9.17) is 14.2 Å². The molecule has 43 heavy (non-hydrogen) atoms. The number of azo groups is 2. The Morgan fingerprint density at radius 2 is 1.19 bits per heavy atom. The van der Waals surface area contributed by atoms with Crippen LogP contribution in [0.15, 0.2) is 93.3 Å². The fraction of sp³-hybridized carbons (Fsp3) is 0.441. The van der Waals surface area contributed by atoms with Crippen molar-refractivity contribution in [2.45, 2.75) is 64.7 Å². The van der Waals surface area contributed by atoms with Crippen LogP contribution in [0.1, 0.15) is 64.7 Å². The molecule has 1 heterocycles. The quantitative estimate of drug-likeness (QED) is 0.0892. The molecular weight excluding hydrogens is 542 g/mol. The zero-order valence-corrected chi connectivity index (χ0v) is 25.2. The fourth-order valence-electron chi connectivity index (χ4n) is 4.52. The lowest BCUT2D eigenvalue weighted by Crippen LogP contribution is -2.32. The van der Waals surface area contributed by atoms with Crippen molar-refractivity contribution in [2.75, 3.05) is 38.0 Å². The van der Waals surface area contributed by atoms with E-state index in [1.165, 1.54) is 19.3 Å². The zero-order valence-electron chi connectivity index (χ0n) is 25.2. The third-order valence-corrected chi connectivity index (χ3v) is 7.04. The van der Waals surface area contributed by atoms with Gasteiger partial charge in [0.1, 0.15) is 12.5 Å². The first kappa shape index (κ1) is 31.8. The summed E-state index contributed by atoms with van der Waals surface area (Å²) in [7, 11) is 0. The number of unbranched alkanes of at least 4 members (excludes halogenated alkanes) is 6. The number of hydrogen-bond donors (Lipinski definition) is 0. The molecule has 1 fully saturated rings. The van der Waals surface area contributed by atoms with Crippen LogP contribution in [-0.4, -0.2) is 39.1 Å². The third kappa shape index (κ3) is 12.0. The summed E-state index contributed by atoms with van der Waals surface area (Å²) in [5.74, 6) is 0.730. The smallest absolute Gasteiger partial charge is 0.305 e. The molecule has 9 nitrogen and oxygen atoms in total. The number of carbonyl (C=O) groups excluding carboxylic acids is 1. The molecule has 3 aromatic rings. The number of carbonyl (C=O) groups is 1. The van der Waals surface area contributed by atoms with Crippen LogP contribution in [-0.2, 0) is 14.3 Å². The molecule has 0 bridgehead atoms. The Morgan fingerprint density at radius 1 is 0.698 bits per heavy atom. The normalized spacial score (nSPS) is 13.6. The molecule has 0 atom stereocenters. The first-order chi connectivity index (χ1) is 21.2. The van der Waals surface area contributed by atoms with E-state index in [-0.39, 0.29) is 5.97 Å². The van der Waals surface area contributed by atoms with Crippen LogP contribution in [0.5, 0.6) is 5.75 Å². The van der Waals surface area contributed by atoms with E-state index >= 15 is 0 Å². The van der Waals surface area contributed by atoms with E-state index in [1.54, 1.807) is 0 Å². The van der Waals surface area contributed by atoms with Crippen molar-refractivity contribution in [3.05, 3.63) is 72.8 Å². The highest BCUT2D eigenvalue weighted by molar-refractivity contribution is 5.68. The second kappa shape index (κ2) is 18.4. The molecule has 4 rings (SSSR count). The van der Waals surface area contributed by atoms with E-state index in [2.05, 4.69) is 37.5 Å². The summed E-state index contributed by atoms with van der Waals surface area (Å²) >= 11 is 0. The van der Waals surface area contributed by atoms with E-state index in [9.17, 15) is 4.79 Å². The molecule has 0 saturated carbocycles. The molecule has 0 aliphatic carbocycles. The van der Waals surface area contributed by atoms with Crippen LogP contribution in [0.4, 0.5) is 28.4 Å². The average molecular weight is 586 g/mol. The van der Waals surface area contributed by atoms with Gasteiger partial charge in [-0.1, -0.05) is 39.0 Å². The maximum atomic E-state index is 11.1. The van der Waals surface area contributed by atoms with Gasteiger partial charge in [0, 0.05) is 18.7 Å². The summed E-state index contributed by atoms with van der Waals surface area (Å²) in [6.45, 7) is 5.55. The van der Waals surface area contributed by atoms with Crippen LogP contribution in [0.3, 0.4) is 0 Å². The van der Waals surface area contributed by atoms with Crippen molar-refractivity contribution in [3.8, 4) is 5.75 Å². The highest BCUT2D eigenvalue weighted by atomic mass is 16.5. The van der Waals surface area contributed by atoms with E-state index < -0.39 is 0 Å². The summed E-state index contributed by atoms with van der Waals surface area (Å²) in [4.78, 5) is 13.3. The van der Waals surface area contributed by atoms with Gasteiger partial charge in [-0.2, -0.15) is 20.5 Å². The van der Waals surface area contributed by atoms with Crippen molar-refractivity contribution in [3.63, 3.8) is 0 Å². The van der Waals surface area contributed by atoms with Crippen molar-refractivity contribution in [1.82, 2.24) is 0 Å². The highest BCUT2D eigenvalue weighted by Gasteiger charge is 2.10. The Kier molecular flexibility index (Phi) is 13.6. The van der Waals surface area contributed by atoms with Gasteiger partial charge < -0.3 is 19.1 Å². The topological polar surface area (TPSA) is 97.4 Å². The van der Waals surface area contributed by atoms with Gasteiger partial charge in [0.05, 0.1) is 42.6 Å². The van der Waals surface area contributed by atoms with E-state index in [0.717, 1.165) is 79.4 Å². The molecule has 3 aromatic carbocycles. The van der Waals surface area contributed by atoms with Gasteiger partial charge in [0.15, 0.2) is 0 Å². The van der Waals surface area contributed by atoms with Crippen molar-refractivity contribution in [1.29, 1.82) is 0 Å². The van der Waals surface area contributed by atoms with Crippen LogP contribution in [0.2, 0.25) is 0 Å². The number of anilines is 1. The van der Waals surface area contributed by atoms with Gasteiger partial charge in [-0.25, -0.2) is 0 Å². The Labute approximate surface area is 255 Å². The lowest BCUT2D eigenvalue weighted by molar-refractivity contribution is -0.143. The first-order valence-corrected chi connectivity index (χ1v) is 15.4. The molecule has 1 saturated heterocycles. The largest absolute Gasteiger partial charge is 0.494 e. The Bertz CT molecular complexity index is 1270. The molecule has 0 unspecified atom stereocenters. The van der Waals surface area contributed by atoms with E-state index in [1.807, 2.05) is 67.6 Å². The minimum atomic E-state index is -0.108. The van der Waals surface area contributed by atoms with Gasteiger partial charge in [0.2, 0.25) is 0 Å². The first-order valence-electron chi connectivity index (χ1n) is 15.4. The average Bonchev–Trinajstić information content (AvgIpc) is 3.06. The third-order valence-electron chi connectivity index (χ3n) is 7.04. The van der Waals surface area contributed by atoms with Gasteiger partial charge in [-0.15, -0.1) is 0 Å². The second-order valence-corrected chi connectivity index (χ2v) is 10.5. The Morgan fingerprint density at radius 3 is 1.70 bits per heavy atom. The molecule has 228 valence electrons. The lowest BCUT2D eigenvalue weighted by atomic mass is 10.1.